The fourth-order valence-electron chi connectivity index (χ4n) is 5.63. The molecule has 10 nitrogen and oxygen atoms in total. The summed E-state index contributed by atoms with van der Waals surface area (Å²) in [6.45, 7) is 0.988. The Morgan fingerprint density at radius 3 is 2.29 bits per heavy atom. The number of hydrogen-bond acceptors (Lipinski definition) is 5. The Labute approximate surface area is 276 Å². The molecule has 12 heteroatoms. The number of halogens is 2. The van der Waals surface area contributed by atoms with Crippen LogP contribution in [0, 0.1) is 0 Å². The average molecular weight is 659 g/mol. The van der Waals surface area contributed by atoms with Crippen molar-refractivity contribution in [2.24, 2.45) is 0 Å². The van der Waals surface area contributed by atoms with Gasteiger partial charge in [0.2, 0.25) is 0 Å². The summed E-state index contributed by atoms with van der Waals surface area (Å²) in [7, 11) is 0. The van der Waals surface area contributed by atoms with Crippen molar-refractivity contribution in [3.63, 3.8) is 0 Å². The maximum absolute atomic E-state index is 13.8. The van der Waals surface area contributed by atoms with Crippen molar-refractivity contribution in [2.45, 2.75) is 57.9 Å². The number of benzene rings is 3. The highest BCUT2D eigenvalue weighted by molar-refractivity contribution is 6.22. The zero-order chi connectivity index (χ0) is 34.4. The lowest BCUT2D eigenvalue weighted by Gasteiger charge is -2.24. The number of alkyl halides is 2. The number of carbonyl (C=O) groups is 5. The largest absolute Gasteiger partial charge is 0.477 e. The molecule has 3 aromatic rings. The summed E-state index contributed by atoms with van der Waals surface area (Å²) in [6.07, 6.45) is 8.01. The van der Waals surface area contributed by atoms with Gasteiger partial charge in [-0.2, -0.15) is 8.78 Å². The summed E-state index contributed by atoms with van der Waals surface area (Å²) < 4.78 is 26.8. The minimum atomic E-state index is -4.11. The first-order valence-corrected chi connectivity index (χ1v) is 15.8. The van der Waals surface area contributed by atoms with Crippen LogP contribution in [0.4, 0.5) is 25.0 Å². The third-order valence-corrected chi connectivity index (χ3v) is 8.38. The van der Waals surface area contributed by atoms with Gasteiger partial charge in [0.05, 0.1) is 24.2 Å². The van der Waals surface area contributed by atoms with Gasteiger partial charge < -0.3 is 15.7 Å². The maximum atomic E-state index is 13.8. The van der Waals surface area contributed by atoms with E-state index in [2.05, 4.69) is 11.4 Å². The first-order chi connectivity index (χ1) is 23.0. The van der Waals surface area contributed by atoms with Crippen molar-refractivity contribution in [1.29, 1.82) is 0 Å². The minimum Gasteiger partial charge on any atom is -0.477 e. The molecule has 1 heterocycles. The Hall–Kier alpha value is -5.39. The lowest BCUT2D eigenvalue weighted by Crippen LogP contribution is -2.42. The molecule has 1 aliphatic carbocycles. The van der Waals surface area contributed by atoms with E-state index in [1.807, 2.05) is 36.5 Å². The predicted octanol–water partition coefficient (Wildman–Crippen LogP) is 6.73. The molecular weight excluding hydrogens is 622 g/mol. The number of aliphatic carboxylic acids is 1. The van der Waals surface area contributed by atoms with E-state index in [0.29, 0.717) is 29.9 Å². The number of amides is 5. The molecule has 0 fully saturated rings. The molecule has 3 aromatic carbocycles. The highest BCUT2D eigenvalue weighted by Gasteiger charge is 2.39. The van der Waals surface area contributed by atoms with Crippen molar-refractivity contribution in [2.75, 3.05) is 23.3 Å². The zero-order valence-electron chi connectivity index (χ0n) is 26.4. The quantitative estimate of drug-likeness (QED) is 0.185. The highest BCUT2D eigenvalue weighted by Crippen LogP contribution is 2.30. The molecule has 0 radical (unpaired) electrons. The van der Waals surface area contributed by atoms with Crippen LogP contribution in [0.25, 0.3) is 5.57 Å². The normalized spacial score (nSPS) is 14.3. The third-order valence-electron chi connectivity index (χ3n) is 8.38. The van der Waals surface area contributed by atoms with Crippen molar-refractivity contribution in [3.05, 3.63) is 101 Å². The molecule has 0 saturated heterocycles. The molecule has 250 valence electrons. The molecule has 1 aliphatic heterocycles. The molecule has 0 bridgehead atoms. The lowest BCUT2D eigenvalue weighted by atomic mass is 9.93. The standard InChI is InChI=1S/C36H36F2N4O6/c1-2-3-19-41-32(44)29-18-15-27(20-30(29)33(41)45)40-35(48)42(28-16-13-25(14-17-28)24-7-5-4-6-8-24)21-23-9-11-26(12-10-23)31(43)39-22-36(37,38)34(46)47/h7,9-18,20H,2-6,8,19,21-22H2,1H3,(H,39,43)(H,40,48)(H,46,47). The van der Waals surface area contributed by atoms with Crippen molar-refractivity contribution in [1.82, 2.24) is 10.2 Å². The number of nitrogens with zero attached hydrogens (tertiary/aromatic N) is 2. The second-order valence-corrected chi connectivity index (χ2v) is 11.8. The molecular formula is C36H36F2N4O6. The number of rotatable bonds is 12. The fourth-order valence-corrected chi connectivity index (χ4v) is 5.63. The van der Waals surface area contributed by atoms with E-state index >= 15 is 0 Å². The number of nitrogens with one attached hydrogen (secondary N) is 2. The van der Waals surface area contributed by atoms with E-state index < -0.39 is 36.3 Å². The van der Waals surface area contributed by atoms with Crippen molar-refractivity contribution in [3.8, 4) is 0 Å². The van der Waals surface area contributed by atoms with Gasteiger partial charge in [0.25, 0.3) is 17.7 Å². The van der Waals surface area contributed by atoms with Crippen LogP contribution < -0.4 is 15.5 Å². The summed E-state index contributed by atoms with van der Waals surface area (Å²) >= 11 is 0. The summed E-state index contributed by atoms with van der Waals surface area (Å²) in [5.74, 6) is -8.08. The van der Waals surface area contributed by atoms with Gasteiger partial charge in [-0.1, -0.05) is 43.7 Å². The number of anilines is 2. The number of imide groups is 1. The van der Waals surface area contributed by atoms with Crippen molar-refractivity contribution >= 4 is 46.7 Å². The van der Waals surface area contributed by atoms with E-state index in [1.54, 1.807) is 18.2 Å². The van der Waals surface area contributed by atoms with Gasteiger partial charge >= 0.3 is 17.9 Å². The Balaban J connectivity index is 1.36. The summed E-state index contributed by atoms with van der Waals surface area (Å²) in [5.41, 5.74) is 4.38. The molecule has 0 spiro atoms. The van der Waals surface area contributed by atoms with E-state index in [0.717, 1.165) is 37.7 Å². The van der Waals surface area contributed by atoms with Crippen LogP contribution in [0.1, 0.15) is 87.6 Å². The number of unbranched alkanes of at least 4 members (excludes halogenated alkanes) is 1. The number of carboxylic acids is 1. The first kappa shape index (κ1) is 34.0. The molecule has 2 aliphatic rings. The van der Waals surface area contributed by atoms with Gasteiger partial charge in [-0.3, -0.25) is 24.2 Å². The number of allylic oxidation sites excluding steroid dienone is 2. The smallest absolute Gasteiger partial charge is 0.376 e. The Bertz CT molecular complexity index is 1750. The van der Waals surface area contributed by atoms with Gasteiger partial charge in [0.1, 0.15) is 0 Å². The molecule has 0 atom stereocenters. The van der Waals surface area contributed by atoms with Gasteiger partial charge in [0.15, 0.2) is 0 Å². The third kappa shape index (κ3) is 7.59. The Morgan fingerprint density at radius 2 is 1.65 bits per heavy atom. The summed E-state index contributed by atoms with van der Waals surface area (Å²) in [5, 5.41) is 13.4. The monoisotopic (exact) mass is 658 g/mol. The van der Waals surface area contributed by atoms with Crippen LogP contribution in [0.3, 0.4) is 0 Å². The summed E-state index contributed by atoms with van der Waals surface area (Å²) in [4.78, 5) is 65.3. The predicted molar refractivity (Wildman–Crippen MR) is 176 cm³/mol. The molecule has 0 unspecified atom stereocenters. The molecule has 0 saturated carbocycles. The molecule has 5 rings (SSSR count). The average Bonchev–Trinajstić information content (AvgIpc) is 3.33. The first-order valence-electron chi connectivity index (χ1n) is 15.8. The molecule has 5 amide bonds. The number of carboxylic acid groups (broad SMARTS) is 1. The van der Waals surface area contributed by atoms with E-state index in [-0.39, 0.29) is 29.1 Å². The van der Waals surface area contributed by atoms with Gasteiger partial charge in [0, 0.05) is 23.5 Å². The van der Waals surface area contributed by atoms with Crippen LogP contribution in [0.5, 0.6) is 0 Å². The number of carbonyl (C=O) groups excluding carboxylic acids is 4. The van der Waals surface area contributed by atoms with E-state index in [4.69, 9.17) is 5.11 Å². The molecule has 3 N–H and O–H groups in total. The van der Waals surface area contributed by atoms with E-state index in [9.17, 15) is 32.8 Å². The lowest BCUT2D eigenvalue weighted by molar-refractivity contribution is -0.163. The van der Waals surface area contributed by atoms with Crippen molar-refractivity contribution < 1.29 is 37.9 Å². The van der Waals surface area contributed by atoms with Crippen LogP contribution in [-0.2, 0) is 11.3 Å². The van der Waals surface area contributed by atoms with Gasteiger partial charge in [-0.05, 0) is 91.3 Å². The van der Waals surface area contributed by atoms with E-state index in [1.165, 1.54) is 39.6 Å². The van der Waals surface area contributed by atoms with Crippen LogP contribution in [0.2, 0.25) is 0 Å². The second-order valence-electron chi connectivity index (χ2n) is 11.8. The Morgan fingerprint density at radius 1 is 0.938 bits per heavy atom. The van der Waals surface area contributed by atoms with Crippen LogP contribution in [-0.4, -0.2) is 58.7 Å². The SMILES string of the molecule is CCCCN1C(=O)c2ccc(NC(=O)N(Cc3ccc(C(=O)NCC(F)(F)C(=O)O)cc3)c3ccc(C4=CCCCC4)cc3)cc2C1=O. The van der Waals surface area contributed by atoms with Crippen LogP contribution in [0.15, 0.2) is 72.8 Å². The number of urea groups is 1. The maximum Gasteiger partial charge on any atom is 0.376 e. The van der Waals surface area contributed by atoms with Gasteiger partial charge in [-0.25, -0.2) is 9.59 Å². The van der Waals surface area contributed by atoms with Crippen LogP contribution >= 0.6 is 0 Å². The topological polar surface area (TPSA) is 136 Å². The number of fused-ring (bicyclic) bond motifs is 1. The molecule has 0 aromatic heterocycles. The zero-order valence-corrected chi connectivity index (χ0v) is 26.4. The highest BCUT2D eigenvalue weighted by atomic mass is 19.3. The van der Waals surface area contributed by atoms with Gasteiger partial charge in [-0.15, -0.1) is 0 Å². The summed E-state index contributed by atoms with van der Waals surface area (Å²) in [6, 6.07) is 17.6. The fraction of sp³-hybridized carbons (Fsp3) is 0.306. The Kier molecular flexibility index (Phi) is 10.3. The number of hydrogen-bond donors (Lipinski definition) is 3. The minimum absolute atomic E-state index is 0.0337. The second kappa shape index (κ2) is 14.6. The molecule has 48 heavy (non-hydrogen) atoms.